The fourth-order valence-corrected chi connectivity index (χ4v) is 2.50. The predicted octanol–water partition coefficient (Wildman–Crippen LogP) is 0.421. The van der Waals surface area contributed by atoms with Crippen molar-refractivity contribution < 1.29 is 4.79 Å². The molecule has 13 heavy (non-hydrogen) atoms. The Balaban J connectivity index is 2.18. The first kappa shape index (κ1) is 7.00. The number of hydrogen-bond donors (Lipinski definition) is 2. The Bertz CT molecular complexity index is 382. The van der Waals surface area contributed by atoms with Gasteiger partial charge >= 0.3 is 0 Å². The van der Waals surface area contributed by atoms with Gasteiger partial charge in [0.15, 0.2) is 0 Å². The molecule has 1 aromatic heterocycles. The third-order valence-corrected chi connectivity index (χ3v) is 3.08. The molecule has 1 unspecified atom stereocenters. The Morgan fingerprint density at radius 2 is 2.54 bits per heavy atom. The zero-order valence-electron chi connectivity index (χ0n) is 7.21. The maximum absolute atomic E-state index is 11.1. The van der Waals surface area contributed by atoms with Crippen LogP contribution in [0, 0.1) is 0 Å². The summed E-state index contributed by atoms with van der Waals surface area (Å²) in [6, 6.07) is 0. The Morgan fingerprint density at radius 1 is 1.69 bits per heavy atom. The highest BCUT2D eigenvalue weighted by Crippen LogP contribution is 2.44. The topological polar surface area (TPSA) is 62.1 Å². The van der Waals surface area contributed by atoms with Gasteiger partial charge < -0.3 is 15.6 Å². The molecule has 2 bridgehead atoms. The molecule has 3 N–H and O–H groups in total. The van der Waals surface area contributed by atoms with Crippen LogP contribution in [0.15, 0.2) is 6.20 Å². The molecule has 4 nitrogen and oxygen atoms in total. The van der Waals surface area contributed by atoms with Crippen molar-refractivity contribution >= 4 is 11.7 Å². The van der Waals surface area contributed by atoms with Crippen LogP contribution < -0.4 is 10.6 Å². The van der Waals surface area contributed by atoms with Gasteiger partial charge in [-0.25, -0.2) is 0 Å². The number of aromatic amines is 1. The fourth-order valence-electron chi connectivity index (χ4n) is 2.50. The monoisotopic (exact) mass is 177 g/mol. The highest BCUT2D eigenvalue weighted by atomic mass is 16.1. The number of nitrogens with zero attached hydrogens (tertiary/aromatic N) is 1. The second-order valence-electron chi connectivity index (χ2n) is 3.76. The van der Waals surface area contributed by atoms with E-state index in [1.165, 1.54) is 0 Å². The van der Waals surface area contributed by atoms with Crippen molar-refractivity contribution in [2.24, 2.45) is 5.73 Å². The van der Waals surface area contributed by atoms with Crippen LogP contribution in [0.2, 0.25) is 0 Å². The van der Waals surface area contributed by atoms with Crippen LogP contribution in [0.1, 0.15) is 28.3 Å². The van der Waals surface area contributed by atoms with Crippen molar-refractivity contribution in [1.29, 1.82) is 0 Å². The van der Waals surface area contributed by atoms with Crippen LogP contribution in [0.25, 0.3) is 0 Å². The van der Waals surface area contributed by atoms with E-state index >= 15 is 0 Å². The van der Waals surface area contributed by atoms with Gasteiger partial charge in [-0.1, -0.05) is 0 Å². The van der Waals surface area contributed by atoms with Gasteiger partial charge in [-0.3, -0.25) is 4.79 Å². The molecule has 0 saturated carbocycles. The first-order valence-electron chi connectivity index (χ1n) is 4.53. The molecular formula is C9H11N3O. The number of fused-ring (bicyclic) bond motifs is 5. The summed E-state index contributed by atoms with van der Waals surface area (Å²) in [6.45, 7) is 2.17. The summed E-state index contributed by atoms with van der Waals surface area (Å²) in [7, 11) is 0. The number of carbonyl (C=O) groups excluding carboxylic acids is 1. The molecule has 1 aromatic rings. The molecule has 0 radical (unpaired) electrons. The molecule has 3 heterocycles. The van der Waals surface area contributed by atoms with E-state index in [4.69, 9.17) is 5.73 Å². The molecule has 68 valence electrons. The Hall–Kier alpha value is -1.45. The number of primary amides is 1. The van der Waals surface area contributed by atoms with E-state index in [-0.39, 0.29) is 5.91 Å². The second kappa shape index (κ2) is 2.07. The minimum atomic E-state index is -0.314. The number of amides is 1. The maximum Gasteiger partial charge on any atom is 0.250 e. The van der Waals surface area contributed by atoms with Crippen LogP contribution in [0.3, 0.4) is 0 Å². The van der Waals surface area contributed by atoms with Crippen LogP contribution in [0.5, 0.6) is 0 Å². The molecular weight excluding hydrogens is 166 g/mol. The summed E-state index contributed by atoms with van der Waals surface area (Å²) in [6.07, 6.45) is 2.89. The smallest absolute Gasteiger partial charge is 0.250 e. The number of aromatic nitrogens is 1. The first-order chi connectivity index (χ1) is 6.27. The number of rotatable bonds is 1. The summed E-state index contributed by atoms with van der Waals surface area (Å²) in [4.78, 5) is 16.5. The van der Waals surface area contributed by atoms with E-state index < -0.39 is 0 Å². The average molecular weight is 177 g/mol. The highest BCUT2D eigenvalue weighted by Gasteiger charge is 2.38. The molecule has 1 saturated heterocycles. The fraction of sp³-hybridized carbons (Fsp3) is 0.444. The van der Waals surface area contributed by atoms with Crippen molar-refractivity contribution in [3.63, 3.8) is 0 Å². The maximum atomic E-state index is 11.1. The summed E-state index contributed by atoms with van der Waals surface area (Å²) in [5.41, 5.74) is 7.12. The summed E-state index contributed by atoms with van der Waals surface area (Å²) in [5, 5.41) is 0. The molecule has 3 rings (SSSR count). The molecule has 0 aliphatic carbocycles. The Morgan fingerprint density at radius 3 is 3.31 bits per heavy atom. The van der Waals surface area contributed by atoms with Crippen molar-refractivity contribution in [1.82, 2.24) is 4.98 Å². The lowest BCUT2D eigenvalue weighted by Gasteiger charge is -2.14. The van der Waals surface area contributed by atoms with Crippen LogP contribution in [-0.4, -0.2) is 24.0 Å². The molecule has 0 spiro atoms. The van der Waals surface area contributed by atoms with E-state index in [2.05, 4.69) is 9.88 Å². The molecule has 2 aliphatic rings. The lowest BCUT2D eigenvalue weighted by Crippen LogP contribution is -2.16. The average Bonchev–Trinajstić information content (AvgIpc) is 2.76. The number of nitrogens with one attached hydrogen (secondary N) is 1. The van der Waals surface area contributed by atoms with Crippen LogP contribution in [-0.2, 0) is 0 Å². The van der Waals surface area contributed by atoms with Gasteiger partial charge in [0, 0.05) is 30.8 Å². The number of nitrogens with two attached hydrogens (primary N) is 1. The lowest BCUT2D eigenvalue weighted by atomic mass is 9.97. The first-order valence-corrected chi connectivity index (χ1v) is 4.53. The van der Waals surface area contributed by atoms with Gasteiger partial charge in [-0.05, 0) is 6.42 Å². The third kappa shape index (κ3) is 0.728. The number of anilines is 1. The molecule has 1 fully saturated rings. The van der Waals surface area contributed by atoms with Gasteiger partial charge in [0.05, 0.1) is 5.56 Å². The van der Waals surface area contributed by atoms with Gasteiger partial charge in [0.1, 0.15) is 5.82 Å². The van der Waals surface area contributed by atoms with E-state index in [0.29, 0.717) is 11.5 Å². The van der Waals surface area contributed by atoms with E-state index in [1.807, 2.05) is 0 Å². The number of hydrogen-bond acceptors (Lipinski definition) is 2. The minimum Gasteiger partial charge on any atom is -0.366 e. The summed E-state index contributed by atoms with van der Waals surface area (Å²) >= 11 is 0. The number of H-pyrrole nitrogens is 1. The van der Waals surface area contributed by atoms with Crippen molar-refractivity contribution in [2.45, 2.75) is 12.3 Å². The lowest BCUT2D eigenvalue weighted by molar-refractivity contribution is 0.0999. The van der Waals surface area contributed by atoms with E-state index in [0.717, 1.165) is 30.9 Å². The van der Waals surface area contributed by atoms with E-state index in [9.17, 15) is 4.79 Å². The van der Waals surface area contributed by atoms with Crippen LogP contribution in [0.4, 0.5) is 5.82 Å². The van der Waals surface area contributed by atoms with Crippen LogP contribution >= 0.6 is 0 Å². The van der Waals surface area contributed by atoms with Gasteiger partial charge in [-0.15, -0.1) is 0 Å². The quantitative estimate of drug-likeness (QED) is 0.653. The standard InChI is InChI=1S/C9H11N3O/c10-8(13)6-3-11-9-7(6)5-1-2-12(9)4-5/h3,5,11H,1-2,4H2,(H2,10,13). The molecule has 1 atom stereocenters. The predicted molar refractivity (Wildman–Crippen MR) is 48.9 cm³/mol. The Labute approximate surface area is 75.7 Å². The zero-order valence-corrected chi connectivity index (χ0v) is 7.21. The van der Waals surface area contributed by atoms with Crippen molar-refractivity contribution in [3.05, 3.63) is 17.3 Å². The summed E-state index contributed by atoms with van der Waals surface area (Å²) in [5.74, 6) is 1.33. The number of carbonyl (C=O) groups is 1. The van der Waals surface area contributed by atoms with E-state index in [1.54, 1.807) is 6.20 Å². The minimum absolute atomic E-state index is 0.314. The van der Waals surface area contributed by atoms with Gasteiger partial charge in [-0.2, -0.15) is 0 Å². The zero-order chi connectivity index (χ0) is 9.00. The van der Waals surface area contributed by atoms with Gasteiger partial charge in [0.25, 0.3) is 5.91 Å². The van der Waals surface area contributed by atoms with Crippen molar-refractivity contribution in [3.8, 4) is 0 Å². The molecule has 1 amide bonds. The third-order valence-electron chi connectivity index (χ3n) is 3.08. The summed E-state index contributed by atoms with van der Waals surface area (Å²) < 4.78 is 0. The normalized spacial score (nSPS) is 23.7. The largest absolute Gasteiger partial charge is 0.366 e. The SMILES string of the molecule is NC(=O)c1c[nH]c2c1C1CCN2C1. The molecule has 0 aromatic carbocycles. The Kier molecular flexibility index (Phi) is 1.12. The highest BCUT2D eigenvalue weighted by molar-refractivity contribution is 5.96. The van der Waals surface area contributed by atoms with Gasteiger partial charge in [0.2, 0.25) is 0 Å². The van der Waals surface area contributed by atoms with Crippen molar-refractivity contribution in [2.75, 3.05) is 18.0 Å². The molecule has 4 heteroatoms. The second-order valence-corrected chi connectivity index (χ2v) is 3.76. The molecule has 2 aliphatic heterocycles.